The second-order valence-corrected chi connectivity index (χ2v) is 8.30. The van der Waals surface area contributed by atoms with Crippen LogP contribution < -0.4 is 10.6 Å². The summed E-state index contributed by atoms with van der Waals surface area (Å²) in [6.45, 7) is 4.12. The van der Waals surface area contributed by atoms with Gasteiger partial charge >= 0.3 is 6.03 Å². The van der Waals surface area contributed by atoms with E-state index in [1.165, 1.54) is 12.8 Å². The van der Waals surface area contributed by atoms with Crippen LogP contribution in [0.4, 0.5) is 10.5 Å². The number of anilines is 1. The second kappa shape index (κ2) is 7.50. The van der Waals surface area contributed by atoms with Crippen molar-refractivity contribution in [3.8, 4) is 0 Å². The van der Waals surface area contributed by atoms with Gasteiger partial charge in [-0.25, -0.2) is 4.79 Å². The number of nitrogens with one attached hydrogen (secondary N) is 2. The van der Waals surface area contributed by atoms with Gasteiger partial charge in [-0.2, -0.15) is 0 Å². The molecule has 1 aliphatic carbocycles. The lowest BCUT2D eigenvalue weighted by atomic mass is 9.88. The molecule has 0 aromatic heterocycles. The number of carbonyl (C=O) groups is 2. The minimum atomic E-state index is -0.323. The van der Waals surface area contributed by atoms with Crippen LogP contribution in [0.25, 0.3) is 0 Å². The Bertz CT molecular complexity index is 708. The van der Waals surface area contributed by atoms with E-state index < -0.39 is 0 Å². The quantitative estimate of drug-likeness (QED) is 0.854. The molecule has 3 aliphatic rings. The number of benzene rings is 1. The maximum Gasteiger partial charge on any atom is 0.321 e. The largest absolute Gasteiger partial charge is 0.362 e. The van der Waals surface area contributed by atoms with E-state index in [0.29, 0.717) is 19.0 Å². The molecule has 2 N–H and O–H groups in total. The number of carbonyl (C=O) groups excluding carboxylic acids is 2. The van der Waals surface area contributed by atoms with Gasteiger partial charge in [-0.1, -0.05) is 12.1 Å². The summed E-state index contributed by atoms with van der Waals surface area (Å²) in [5.74, 6) is 0.720. The molecule has 2 saturated heterocycles. The molecule has 1 saturated carbocycles. The molecule has 27 heavy (non-hydrogen) atoms. The highest BCUT2D eigenvalue weighted by molar-refractivity contribution is 5.89. The summed E-state index contributed by atoms with van der Waals surface area (Å²) in [4.78, 5) is 26.7. The Hall–Kier alpha value is -2.08. The molecule has 1 atom stereocenters. The van der Waals surface area contributed by atoms with Crippen molar-refractivity contribution in [3.05, 3.63) is 29.8 Å². The fraction of sp³-hybridized carbons (Fsp3) is 0.619. The predicted octanol–water partition coefficient (Wildman–Crippen LogP) is 3.07. The van der Waals surface area contributed by atoms with Crippen molar-refractivity contribution < 1.29 is 14.3 Å². The number of hydrogen-bond acceptors (Lipinski definition) is 3. The predicted molar refractivity (Wildman–Crippen MR) is 104 cm³/mol. The van der Waals surface area contributed by atoms with Crippen LogP contribution in [0.15, 0.2) is 24.3 Å². The van der Waals surface area contributed by atoms with E-state index in [9.17, 15) is 9.59 Å². The third kappa shape index (κ3) is 4.43. The summed E-state index contributed by atoms with van der Waals surface area (Å²) < 4.78 is 6.20. The Labute approximate surface area is 160 Å². The first-order chi connectivity index (χ1) is 13.0. The molecular formula is C21H29N3O3. The van der Waals surface area contributed by atoms with Gasteiger partial charge in [0, 0.05) is 25.3 Å². The summed E-state index contributed by atoms with van der Waals surface area (Å²) in [6.07, 6.45) is 5.41. The Balaban J connectivity index is 1.25. The van der Waals surface area contributed by atoms with Gasteiger partial charge in [-0.15, -0.1) is 0 Å². The maximum absolute atomic E-state index is 12.5. The number of hydrogen-bond donors (Lipinski definition) is 2. The SMILES string of the molecule is Cc1cccc(NC(=O)N2CCC3(CC[C@H](C(=O)NCC4CC4)O3)CC2)c1. The second-order valence-electron chi connectivity index (χ2n) is 8.30. The Morgan fingerprint density at radius 1 is 1.19 bits per heavy atom. The summed E-state index contributed by atoms with van der Waals surface area (Å²) in [7, 11) is 0. The fourth-order valence-corrected chi connectivity index (χ4v) is 4.09. The number of amides is 3. The van der Waals surface area contributed by atoms with Crippen molar-refractivity contribution in [3.63, 3.8) is 0 Å². The van der Waals surface area contributed by atoms with Gasteiger partial charge in [-0.05, 0) is 69.1 Å². The third-order valence-corrected chi connectivity index (χ3v) is 6.04. The van der Waals surface area contributed by atoms with Crippen LogP contribution in [0.1, 0.15) is 44.1 Å². The molecule has 0 radical (unpaired) electrons. The zero-order chi connectivity index (χ0) is 18.9. The summed E-state index contributed by atoms with van der Waals surface area (Å²) in [5, 5.41) is 6.00. The molecule has 146 valence electrons. The van der Waals surface area contributed by atoms with Gasteiger partial charge in [0.25, 0.3) is 0 Å². The minimum Gasteiger partial charge on any atom is -0.362 e. The molecule has 3 amide bonds. The number of piperidine rings is 1. The Morgan fingerprint density at radius 2 is 1.96 bits per heavy atom. The van der Waals surface area contributed by atoms with E-state index in [-0.39, 0.29) is 23.6 Å². The lowest BCUT2D eigenvalue weighted by Crippen LogP contribution is -2.48. The van der Waals surface area contributed by atoms with Crippen molar-refractivity contribution in [1.29, 1.82) is 0 Å². The molecule has 2 heterocycles. The van der Waals surface area contributed by atoms with Gasteiger partial charge in [0.2, 0.25) is 5.91 Å². The summed E-state index contributed by atoms with van der Waals surface area (Å²) >= 11 is 0. The molecule has 1 aromatic rings. The van der Waals surface area contributed by atoms with E-state index in [1.54, 1.807) is 0 Å². The maximum atomic E-state index is 12.5. The first-order valence-electron chi connectivity index (χ1n) is 10.1. The van der Waals surface area contributed by atoms with Crippen LogP contribution in [0, 0.1) is 12.8 Å². The average molecular weight is 371 g/mol. The lowest BCUT2D eigenvalue weighted by molar-refractivity contribution is -0.140. The highest BCUT2D eigenvalue weighted by atomic mass is 16.5. The van der Waals surface area contributed by atoms with Crippen LogP contribution in [-0.4, -0.2) is 48.2 Å². The van der Waals surface area contributed by atoms with Crippen LogP contribution in [0.3, 0.4) is 0 Å². The third-order valence-electron chi connectivity index (χ3n) is 6.04. The van der Waals surface area contributed by atoms with Crippen LogP contribution in [0.5, 0.6) is 0 Å². The zero-order valence-corrected chi connectivity index (χ0v) is 16.0. The van der Waals surface area contributed by atoms with E-state index in [2.05, 4.69) is 10.6 Å². The molecular weight excluding hydrogens is 342 g/mol. The minimum absolute atomic E-state index is 0.0402. The lowest BCUT2D eigenvalue weighted by Gasteiger charge is -2.39. The van der Waals surface area contributed by atoms with Gasteiger partial charge in [-0.3, -0.25) is 4.79 Å². The number of urea groups is 1. The van der Waals surface area contributed by atoms with E-state index in [4.69, 9.17) is 4.74 Å². The first-order valence-corrected chi connectivity index (χ1v) is 10.1. The van der Waals surface area contributed by atoms with Crippen molar-refractivity contribution in [1.82, 2.24) is 10.2 Å². The Morgan fingerprint density at radius 3 is 2.67 bits per heavy atom. The molecule has 2 aliphatic heterocycles. The number of likely N-dealkylation sites (tertiary alicyclic amines) is 1. The monoisotopic (exact) mass is 371 g/mol. The zero-order valence-electron chi connectivity index (χ0n) is 16.0. The molecule has 0 bridgehead atoms. The summed E-state index contributed by atoms with van der Waals surface area (Å²) in [6, 6.07) is 7.76. The van der Waals surface area contributed by atoms with Gasteiger partial charge in [0.15, 0.2) is 0 Å². The molecule has 4 rings (SSSR count). The average Bonchev–Trinajstić information content (AvgIpc) is 3.40. The van der Waals surface area contributed by atoms with Crippen molar-refractivity contribution in [2.75, 3.05) is 25.0 Å². The van der Waals surface area contributed by atoms with Crippen molar-refractivity contribution >= 4 is 17.6 Å². The first kappa shape index (κ1) is 18.3. The molecule has 0 unspecified atom stereocenters. The standard InChI is InChI=1S/C21H29N3O3/c1-15-3-2-4-17(13-15)23-20(26)24-11-9-21(10-12-24)8-7-18(27-21)19(25)22-14-16-5-6-16/h2-4,13,16,18H,5-12,14H2,1H3,(H,22,25)(H,23,26)/t18-/m1/s1. The highest BCUT2D eigenvalue weighted by Gasteiger charge is 2.45. The van der Waals surface area contributed by atoms with Gasteiger partial charge in [0.05, 0.1) is 5.60 Å². The van der Waals surface area contributed by atoms with Crippen LogP contribution in [-0.2, 0) is 9.53 Å². The van der Waals surface area contributed by atoms with E-state index in [0.717, 1.165) is 43.5 Å². The smallest absolute Gasteiger partial charge is 0.321 e. The van der Waals surface area contributed by atoms with E-state index >= 15 is 0 Å². The van der Waals surface area contributed by atoms with Crippen LogP contribution in [0.2, 0.25) is 0 Å². The highest BCUT2D eigenvalue weighted by Crippen LogP contribution is 2.39. The molecule has 3 fully saturated rings. The number of aryl methyl sites for hydroxylation is 1. The van der Waals surface area contributed by atoms with Crippen molar-refractivity contribution in [2.45, 2.75) is 57.2 Å². The van der Waals surface area contributed by atoms with E-state index in [1.807, 2.05) is 36.1 Å². The number of nitrogens with zero attached hydrogens (tertiary/aromatic N) is 1. The topological polar surface area (TPSA) is 70.7 Å². The van der Waals surface area contributed by atoms with Crippen molar-refractivity contribution in [2.24, 2.45) is 5.92 Å². The Kier molecular flexibility index (Phi) is 5.08. The molecule has 6 heteroatoms. The summed E-state index contributed by atoms with van der Waals surface area (Å²) in [5.41, 5.74) is 1.71. The molecule has 6 nitrogen and oxygen atoms in total. The van der Waals surface area contributed by atoms with Crippen LogP contribution >= 0.6 is 0 Å². The number of ether oxygens (including phenoxy) is 1. The van der Waals surface area contributed by atoms with Gasteiger partial charge in [0.1, 0.15) is 6.10 Å². The molecule has 1 spiro atoms. The van der Waals surface area contributed by atoms with Gasteiger partial charge < -0.3 is 20.3 Å². The molecule has 1 aromatic carbocycles. The fourth-order valence-electron chi connectivity index (χ4n) is 4.09. The normalized spacial score (nSPS) is 24.0. The number of rotatable bonds is 4.